The van der Waals surface area contributed by atoms with Crippen molar-refractivity contribution in [2.24, 2.45) is 0 Å². The number of rotatable bonds is 0. The van der Waals surface area contributed by atoms with E-state index in [1.165, 1.54) is 11.1 Å². The molecule has 1 aliphatic heterocycles. The first-order chi connectivity index (χ1) is 4.47. The van der Waals surface area contributed by atoms with E-state index in [9.17, 15) is 0 Å². The van der Waals surface area contributed by atoms with Crippen molar-refractivity contribution in [1.29, 1.82) is 0 Å². The van der Waals surface area contributed by atoms with Crippen molar-refractivity contribution in [2.45, 2.75) is 13.2 Å². The molecule has 1 aromatic carbocycles. The topological polar surface area (TPSA) is 9.23 Å². The monoisotopic (exact) mass is 121 g/mol. The van der Waals surface area contributed by atoms with Gasteiger partial charge in [0, 0.05) is 1.43 Å². The van der Waals surface area contributed by atoms with Crippen LogP contribution in [0.3, 0.4) is 0 Å². The van der Waals surface area contributed by atoms with Gasteiger partial charge < -0.3 is 4.74 Å². The summed E-state index contributed by atoms with van der Waals surface area (Å²) in [5.74, 6) is 0. The third-order valence-electron chi connectivity index (χ3n) is 1.63. The molecule has 1 aliphatic rings. The smallest absolute Gasteiger partial charge is 0.0724 e. The highest BCUT2D eigenvalue weighted by molar-refractivity contribution is 5.27. The van der Waals surface area contributed by atoms with Gasteiger partial charge in [-0.2, -0.15) is 0 Å². The fourth-order valence-corrected chi connectivity index (χ4v) is 1.11. The molecule has 0 saturated carbocycles. The summed E-state index contributed by atoms with van der Waals surface area (Å²) in [5.41, 5.74) is 2.69. The minimum absolute atomic E-state index is 0. The third kappa shape index (κ3) is 0.736. The van der Waals surface area contributed by atoms with E-state index in [0.717, 1.165) is 13.2 Å². The summed E-state index contributed by atoms with van der Waals surface area (Å²) in [6.07, 6.45) is 0. The lowest BCUT2D eigenvalue weighted by Gasteiger charge is -1.90. The van der Waals surface area contributed by atoms with Crippen molar-refractivity contribution >= 4 is 0 Å². The number of hydrogen-bond acceptors (Lipinski definition) is 1. The van der Waals surface area contributed by atoms with Crippen LogP contribution in [0.1, 0.15) is 12.6 Å². The molecule has 0 fully saturated rings. The fourth-order valence-electron chi connectivity index (χ4n) is 1.11. The van der Waals surface area contributed by atoms with Gasteiger partial charge in [-0.3, -0.25) is 0 Å². The summed E-state index contributed by atoms with van der Waals surface area (Å²) in [7, 11) is 0. The maximum absolute atomic E-state index is 5.21. The molecular weight excluding hydrogens is 112 g/mol. The minimum Gasteiger partial charge on any atom is -0.372 e. The van der Waals surface area contributed by atoms with Gasteiger partial charge in [-0.15, -0.1) is 0 Å². The van der Waals surface area contributed by atoms with E-state index in [0.29, 0.717) is 0 Å². The summed E-state index contributed by atoms with van der Waals surface area (Å²) >= 11 is 0. The Hall–Kier alpha value is -0.820. The predicted molar refractivity (Wildman–Crippen MR) is 36.0 cm³/mol. The van der Waals surface area contributed by atoms with Gasteiger partial charge in [0.1, 0.15) is 0 Å². The van der Waals surface area contributed by atoms with Gasteiger partial charge in [0.2, 0.25) is 0 Å². The highest BCUT2D eigenvalue weighted by Gasteiger charge is 2.07. The Labute approximate surface area is 55.8 Å². The lowest BCUT2D eigenvalue weighted by molar-refractivity contribution is 0.134. The molecule has 47 valence electrons. The van der Waals surface area contributed by atoms with Crippen LogP contribution in [-0.2, 0) is 18.0 Å². The maximum Gasteiger partial charge on any atom is 0.0724 e. The van der Waals surface area contributed by atoms with E-state index in [1.54, 1.807) is 0 Å². The highest BCUT2D eigenvalue weighted by atomic mass is 16.5. The fraction of sp³-hybridized carbons (Fsp3) is 0.250. The average Bonchev–Trinajstić information content (AvgIpc) is 2.33. The molecule has 1 heterocycles. The zero-order chi connectivity index (χ0) is 6.10. The van der Waals surface area contributed by atoms with Crippen LogP contribution in [0.25, 0.3) is 0 Å². The maximum atomic E-state index is 5.21. The molecule has 0 unspecified atom stereocenters. The molecule has 1 radical (unpaired) electrons. The van der Waals surface area contributed by atoms with E-state index in [-0.39, 0.29) is 1.43 Å². The Morgan fingerprint density at radius 1 is 1.11 bits per heavy atom. The van der Waals surface area contributed by atoms with E-state index in [2.05, 4.69) is 12.1 Å². The van der Waals surface area contributed by atoms with Crippen molar-refractivity contribution in [3.63, 3.8) is 0 Å². The van der Waals surface area contributed by atoms with Crippen LogP contribution in [0.4, 0.5) is 0 Å². The molecule has 1 heteroatoms. The van der Waals surface area contributed by atoms with Gasteiger partial charge in [-0.1, -0.05) is 24.3 Å². The Morgan fingerprint density at radius 2 is 1.67 bits per heavy atom. The van der Waals surface area contributed by atoms with Crippen LogP contribution >= 0.6 is 0 Å². The predicted octanol–water partition coefficient (Wildman–Crippen LogP) is 1.83. The molecule has 0 amide bonds. The molecule has 9 heavy (non-hydrogen) atoms. The summed E-state index contributed by atoms with van der Waals surface area (Å²) in [6, 6.07) is 8.33. The normalized spacial score (nSPS) is 15.6. The lowest BCUT2D eigenvalue weighted by atomic mass is 10.1. The molecule has 1 nitrogen and oxygen atoms in total. The molecule has 0 spiro atoms. The van der Waals surface area contributed by atoms with Crippen molar-refractivity contribution < 1.29 is 6.16 Å². The van der Waals surface area contributed by atoms with E-state index in [1.807, 2.05) is 12.1 Å². The summed E-state index contributed by atoms with van der Waals surface area (Å²) in [4.78, 5) is 0. The molecule has 0 saturated heterocycles. The van der Waals surface area contributed by atoms with Crippen molar-refractivity contribution in [1.82, 2.24) is 0 Å². The molecule has 2 rings (SSSR count). The second-order valence-electron chi connectivity index (χ2n) is 2.26. The van der Waals surface area contributed by atoms with Gasteiger partial charge in [0.15, 0.2) is 0 Å². The Balaban J connectivity index is 0.000000500. The molecule has 0 aromatic heterocycles. The summed E-state index contributed by atoms with van der Waals surface area (Å²) in [6.45, 7) is 1.60. The first kappa shape index (κ1) is 5.00. The molecular formula is C8H9O. The van der Waals surface area contributed by atoms with Crippen LogP contribution in [0, 0.1) is 0 Å². The molecule has 0 atom stereocenters. The van der Waals surface area contributed by atoms with E-state index < -0.39 is 0 Å². The Kier molecular flexibility index (Phi) is 1.03. The van der Waals surface area contributed by atoms with Gasteiger partial charge in [-0.25, -0.2) is 0 Å². The highest BCUT2D eigenvalue weighted by Crippen LogP contribution is 2.17. The second kappa shape index (κ2) is 1.85. The largest absolute Gasteiger partial charge is 0.372 e. The van der Waals surface area contributed by atoms with Crippen molar-refractivity contribution in [3.8, 4) is 0 Å². The average molecular weight is 121 g/mol. The summed E-state index contributed by atoms with van der Waals surface area (Å²) in [5, 5.41) is 0. The zero-order valence-electron chi connectivity index (χ0n) is 6.13. The standard InChI is InChI=1S/C8H8O.H/c1-2-4-8-6-9-5-7(8)3-1;/h1-4H,5-6H2;/i;1+0. The van der Waals surface area contributed by atoms with E-state index in [4.69, 9.17) is 4.74 Å². The molecule has 0 aliphatic carbocycles. The Morgan fingerprint density at radius 3 is 2.22 bits per heavy atom. The zero-order valence-corrected chi connectivity index (χ0v) is 5.13. The van der Waals surface area contributed by atoms with Gasteiger partial charge >= 0.3 is 0 Å². The van der Waals surface area contributed by atoms with Crippen LogP contribution < -0.4 is 0 Å². The second-order valence-corrected chi connectivity index (χ2v) is 2.26. The number of fused-ring (bicyclic) bond motifs is 1. The minimum atomic E-state index is 0. The number of ether oxygens (including phenoxy) is 1. The quantitative estimate of drug-likeness (QED) is 0.508. The van der Waals surface area contributed by atoms with E-state index >= 15 is 0 Å². The van der Waals surface area contributed by atoms with Crippen molar-refractivity contribution in [2.75, 3.05) is 0 Å². The molecule has 0 N–H and O–H groups in total. The van der Waals surface area contributed by atoms with Crippen LogP contribution in [0.15, 0.2) is 24.3 Å². The van der Waals surface area contributed by atoms with Crippen molar-refractivity contribution in [3.05, 3.63) is 35.4 Å². The first-order valence-electron chi connectivity index (χ1n) is 3.11. The molecule has 0 bridgehead atoms. The lowest BCUT2D eigenvalue weighted by Crippen LogP contribution is -1.77. The number of hydrogen-bond donors (Lipinski definition) is 0. The van der Waals surface area contributed by atoms with Gasteiger partial charge in [0.25, 0.3) is 0 Å². The molecule has 1 aromatic rings. The third-order valence-corrected chi connectivity index (χ3v) is 1.63. The van der Waals surface area contributed by atoms with Gasteiger partial charge in [0.05, 0.1) is 13.2 Å². The first-order valence-corrected chi connectivity index (χ1v) is 3.11. The van der Waals surface area contributed by atoms with Crippen LogP contribution in [-0.4, -0.2) is 0 Å². The van der Waals surface area contributed by atoms with Gasteiger partial charge in [-0.05, 0) is 11.1 Å². The van der Waals surface area contributed by atoms with Crippen LogP contribution in [0.5, 0.6) is 0 Å². The summed E-state index contributed by atoms with van der Waals surface area (Å²) < 4.78 is 5.21. The SMILES string of the molecule is [1H].c1ccc2c(c1)COC2. The Bertz CT molecular complexity index is 199. The van der Waals surface area contributed by atoms with Crippen LogP contribution in [0.2, 0.25) is 0 Å². The number of benzene rings is 1.